The quantitative estimate of drug-likeness (QED) is 0.811. The van der Waals surface area contributed by atoms with Gasteiger partial charge in [0.05, 0.1) is 5.02 Å². The van der Waals surface area contributed by atoms with Crippen LogP contribution < -0.4 is 5.32 Å². The molecule has 0 spiro atoms. The van der Waals surface area contributed by atoms with E-state index in [1.807, 2.05) is 18.4 Å². The first-order valence-electron chi connectivity index (χ1n) is 5.71. The number of halogens is 1. The molecular formula is C12H16ClNO3S. The number of carbonyl (C=O) groups is 2. The summed E-state index contributed by atoms with van der Waals surface area (Å²) in [5.74, 6) is -0.901. The van der Waals surface area contributed by atoms with Crippen LogP contribution in [-0.4, -0.2) is 23.0 Å². The molecule has 0 aliphatic heterocycles. The summed E-state index contributed by atoms with van der Waals surface area (Å²) in [5.41, 5.74) is 0. The van der Waals surface area contributed by atoms with E-state index in [0.29, 0.717) is 24.3 Å². The summed E-state index contributed by atoms with van der Waals surface area (Å²) in [5, 5.41) is 13.8. The van der Waals surface area contributed by atoms with Crippen molar-refractivity contribution in [3.63, 3.8) is 0 Å². The lowest BCUT2D eigenvalue weighted by atomic mass is 10.1. The van der Waals surface area contributed by atoms with Crippen LogP contribution in [0.25, 0.3) is 0 Å². The molecule has 4 nitrogen and oxygen atoms in total. The molecule has 2 N–H and O–H groups in total. The zero-order chi connectivity index (χ0) is 13.5. The topological polar surface area (TPSA) is 66.4 Å². The van der Waals surface area contributed by atoms with Crippen LogP contribution in [0.15, 0.2) is 11.4 Å². The van der Waals surface area contributed by atoms with Crippen LogP contribution in [0, 0.1) is 0 Å². The van der Waals surface area contributed by atoms with Crippen molar-refractivity contribution in [2.45, 2.75) is 38.6 Å². The Hall–Kier alpha value is -1.07. The first kappa shape index (κ1) is 15.0. The average Bonchev–Trinajstić information content (AvgIpc) is 2.70. The molecule has 0 fully saturated rings. The van der Waals surface area contributed by atoms with E-state index in [1.165, 1.54) is 11.3 Å². The van der Waals surface area contributed by atoms with Crippen LogP contribution in [0.4, 0.5) is 0 Å². The van der Waals surface area contributed by atoms with Gasteiger partial charge in [-0.3, -0.25) is 9.59 Å². The highest BCUT2D eigenvalue weighted by atomic mass is 35.5. The maximum atomic E-state index is 11.6. The number of hydrogen-bond donors (Lipinski definition) is 2. The standard InChI is InChI=1S/C12H16ClNO3S/c1-8(2-5-12(16)17)14-11(15)4-3-10-6-9(13)7-18-10/h6-8H,2-5H2,1H3,(H,14,15)(H,16,17). The van der Waals surface area contributed by atoms with Gasteiger partial charge in [0.1, 0.15) is 0 Å². The Morgan fingerprint density at radius 2 is 2.22 bits per heavy atom. The number of carbonyl (C=O) groups excluding carboxylic acids is 1. The van der Waals surface area contributed by atoms with Crippen LogP contribution in [0.5, 0.6) is 0 Å². The Kier molecular flexibility index (Phi) is 6.15. The number of carboxylic acid groups (broad SMARTS) is 1. The number of aliphatic carboxylic acids is 1. The van der Waals surface area contributed by atoms with E-state index in [2.05, 4.69) is 5.32 Å². The second kappa shape index (κ2) is 7.38. The molecule has 0 aliphatic carbocycles. The molecule has 1 unspecified atom stereocenters. The maximum absolute atomic E-state index is 11.6. The minimum atomic E-state index is -0.843. The smallest absolute Gasteiger partial charge is 0.303 e. The minimum Gasteiger partial charge on any atom is -0.481 e. The predicted octanol–water partition coefficient (Wildman–Crippen LogP) is 2.70. The van der Waals surface area contributed by atoms with Crippen molar-refractivity contribution in [2.75, 3.05) is 0 Å². The van der Waals surface area contributed by atoms with Crippen LogP contribution in [-0.2, 0) is 16.0 Å². The Balaban J connectivity index is 2.22. The number of carboxylic acids is 1. The minimum absolute atomic E-state index is 0.0580. The van der Waals surface area contributed by atoms with Crippen molar-refractivity contribution in [3.8, 4) is 0 Å². The summed E-state index contributed by atoms with van der Waals surface area (Å²) in [4.78, 5) is 23.0. The summed E-state index contributed by atoms with van der Waals surface area (Å²) in [6, 6.07) is 1.74. The van der Waals surface area contributed by atoms with E-state index < -0.39 is 5.97 Å². The number of aryl methyl sites for hydroxylation is 1. The van der Waals surface area contributed by atoms with E-state index in [1.54, 1.807) is 0 Å². The van der Waals surface area contributed by atoms with Crippen molar-refractivity contribution in [2.24, 2.45) is 0 Å². The molecule has 0 saturated carbocycles. The fourth-order valence-corrected chi connectivity index (χ4v) is 2.56. The Labute approximate surface area is 115 Å². The van der Waals surface area contributed by atoms with E-state index in [9.17, 15) is 9.59 Å². The second-order valence-electron chi connectivity index (χ2n) is 4.13. The Bertz CT molecular complexity index is 419. The maximum Gasteiger partial charge on any atom is 0.303 e. The monoisotopic (exact) mass is 289 g/mol. The van der Waals surface area contributed by atoms with Gasteiger partial charge in [-0.15, -0.1) is 11.3 Å². The van der Waals surface area contributed by atoms with E-state index in [0.717, 1.165) is 4.88 Å². The van der Waals surface area contributed by atoms with Crippen molar-refractivity contribution in [3.05, 3.63) is 21.3 Å². The van der Waals surface area contributed by atoms with E-state index >= 15 is 0 Å². The lowest BCUT2D eigenvalue weighted by Crippen LogP contribution is -2.33. The zero-order valence-corrected chi connectivity index (χ0v) is 11.7. The number of rotatable bonds is 7. The summed E-state index contributed by atoms with van der Waals surface area (Å²) in [6.07, 6.45) is 1.58. The molecule has 1 aromatic rings. The SMILES string of the molecule is CC(CCC(=O)O)NC(=O)CCc1cc(Cl)cs1. The first-order chi connectivity index (χ1) is 8.47. The van der Waals surface area contributed by atoms with Crippen LogP contribution in [0.3, 0.4) is 0 Å². The van der Waals surface area contributed by atoms with Crippen LogP contribution >= 0.6 is 22.9 Å². The molecule has 18 heavy (non-hydrogen) atoms. The van der Waals surface area contributed by atoms with Gasteiger partial charge >= 0.3 is 5.97 Å². The number of nitrogens with one attached hydrogen (secondary N) is 1. The van der Waals surface area contributed by atoms with Gasteiger partial charge in [0.2, 0.25) is 5.91 Å². The molecule has 1 atom stereocenters. The third-order valence-electron chi connectivity index (χ3n) is 2.42. The van der Waals surface area contributed by atoms with Crippen LogP contribution in [0.2, 0.25) is 5.02 Å². The molecule has 1 aromatic heterocycles. The third kappa shape index (κ3) is 6.02. The number of amides is 1. The second-order valence-corrected chi connectivity index (χ2v) is 5.56. The fraction of sp³-hybridized carbons (Fsp3) is 0.500. The van der Waals surface area contributed by atoms with Gasteiger partial charge in [-0.25, -0.2) is 0 Å². The Morgan fingerprint density at radius 1 is 1.50 bits per heavy atom. The molecule has 1 rings (SSSR count). The molecule has 0 saturated heterocycles. The molecule has 6 heteroatoms. The predicted molar refractivity (Wildman–Crippen MR) is 72.1 cm³/mol. The molecule has 1 amide bonds. The Morgan fingerprint density at radius 3 is 2.78 bits per heavy atom. The van der Waals surface area contributed by atoms with Gasteiger partial charge in [-0.1, -0.05) is 11.6 Å². The zero-order valence-electron chi connectivity index (χ0n) is 10.1. The summed E-state index contributed by atoms with van der Waals surface area (Å²) in [7, 11) is 0. The molecule has 1 heterocycles. The first-order valence-corrected chi connectivity index (χ1v) is 6.97. The van der Waals surface area contributed by atoms with Gasteiger partial charge in [0.25, 0.3) is 0 Å². The molecule has 0 bridgehead atoms. The van der Waals surface area contributed by atoms with Crippen molar-refractivity contribution in [1.82, 2.24) is 5.32 Å². The fourth-order valence-electron chi connectivity index (χ4n) is 1.48. The van der Waals surface area contributed by atoms with Gasteiger partial charge < -0.3 is 10.4 Å². The summed E-state index contributed by atoms with van der Waals surface area (Å²) >= 11 is 7.32. The van der Waals surface area contributed by atoms with Gasteiger partial charge in [-0.2, -0.15) is 0 Å². The normalized spacial score (nSPS) is 12.1. The highest BCUT2D eigenvalue weighted by Crippen LogP contribution is 2.20. The van der Waals surface area contributed by atoms with Crippen molar-refractivity contribution >= 4 is 34.8 Å². The summed E-state index contributed by atoms with van der Waals surface area (Å²) in [6.45, 7) is 1.81. The molecular weight excluding hydrogens is 274 g/mol. The highest BCUT2D eigenvalue weighted by molar-refractivity contribution is 7.10. The van der Waals surface area contributed by atoms with E-state index in [-0.39, 0.29) is 18.4 Å². The molecule has 0 radical (unpaired) electrons. The number of thiophene rings is 1. The highest BCUT2D eigenvalue weighted by Gasteiger charge is 2.09. The van der Waals surface area contributed by atoms with Gasteiger partial charge in [-0.05, 0) is 25.8 Å². The largest absolute Gasteiger partial charge is 0.481 e. The van der Waals surface area contributed by atoms with E-state index in [4.69, 9.17) is 16.7 Å². The average molecular weight is 290 g/mol. The third-order valence-corrected chi connectivity index (χ3v) is 3.76. The number of hydrogen-bond acceptors (Lipinski definition) is 3. The molecule has 100 valence electrons. The lowest BCUT2D eigenvalue weighted by molar-refractivity contribution is -0.137. The molecule has 0 aromatic carbocycles. The van der Waals surface area contributed by atoms with Crippen LogP contribution in [0.1, 0.15) is 31.1 Å². The van der Waals surface area contributed by atoms with Gasteiger partial charge in [0, 0.05) is 29.1 Å². The van der Waals surface area contributed by atoms with Gasteiger partial charge in [0.15, 0.2) is 0 Å². The lowest BCUT2D eigenvalue weighted by Gasteiger charge is -2.12. The van der Waals surface area contributed by atoms with Crippen molar-refractivity contribution < 1.29 is 14.7 Å². The molecule has 0 aliphatic rings. The van der Waals surface area contributed by atoms with Crippen molar-refractivity contribution in [1.29, 1.82) is 0 Å². The summed E-state index contributed by atoms with van der Waals surface area (Å²) < 4.78 is 0.